The molecule has 0 amide bonds. The van der Waals surface area contributed by atoms with E-state index in [4.69, 9.17) is 10.5 Å². The topological polar surface area (TPSA) is 38.5 Å². The van der Waals surface area contributed by atoms with E-state index in [0.717, 1.165) is 30.1 Å². The highest BCUT2D eigenvalue weighted by Gasteiger charge is 2.09. The van der Waals surface area contributed by atoms with Crippen molar-refractivity contribution in [3.05, 3.63) is 59.2 Å². The molecule has 0 saturated carbocycles. The molecule has 0 atom stereocenters. The zero-order valence-electron chi connectivity index (χ0n) is 13.1. The minimum Gasteiger partial charge on any atom is -0.494 e. The largest absolute Gasteiger partial charge is 0.494 e. The number of nitrogens with two attached hydrogens (primary N) is 1. The van der Waals surface area contributed by atoms with Gasteiger partial charge in [-0.05, 0) is 50.2 Å². The fraction of sp³-hybridized carbons (Fsp3) is 0.333. The lowest BCUT2D eigenvalue weighted by molar-refractivity contribution is 0.297. The maximum Gasteiger partial charge on any atom is 0.123 e. The first-order valence-corrected chi connectivity index (χ1v) is 7.34. The minimum absolute atomic E-state index is 0.665. The molecule has 0 unspecified atom stereocenters. The van der Waals surface area contributed by atoms with Crippen LogP contribution in [-0.2, 0) is 13.1 Å². The second kappa shape index (κ2) is 7.14. The number of benzene rings is 2. The first-order chi connectivity index (χ1) is 10.1. The number of hydrogen-bond donors (Lipinski definition) is 1. The van der Waals surface area contributed by atoms with Gasteiger partial charge in [0.2, 0.25) is 0 Å². The molecule has 0 heterocycles. The summed E-state index contributed by atoms with van der Waals surface area (Å²) in [6.45, 7) is 6.53. The van der Waals surface area contributed by atoms with E-state index in [1.165, 1.54) is 11.1 Å². The molecular formula is C18H24N2O. The van der Waals surface area contributed by atoms with E-state index in [1.807, 2.05) is 25.1 Å². The van der Waals surface area contributed by atoms with Crippen LogP contribution in [0.2, 0.25) is 0 Å². The van der Waals surface area contributed by atoms with Gasteiger partial charge in [-0.2, -0.15) is 0 Å². The van der Waals surface area contributed by atoms with Crippen molar-refractivity contribution in [2.75, 3.05) is 19.4 Å². The lowest BCUT2D eigenvalue weighted by Crippen LogP contribution is -2.18. The van der Waals surface area contributed by atoms with Crippen molar-refractivity contribution >= 4 is 5.69 Å². The maximum atomic E-state index is 5.90. The van der Waals surface area contributed by atoms with Crippen LogP contribution in [0.3, 0.4) is 0 Å². The fourth-order valence-corrected chi connectivity index (χ4v) is 2.44. The van der Waals surface area contributed by atoms with Crippen LogP contribution in [0, 0.1) is 6.92 Å². The highest BCUT2D eigenvalue weighted by molar-refractivity contribution is 5.47. The van der Waals surface area contributed by atoms with Crippen LogP contribution in [0.15, 0.2) is 42.5 Å². The summed E-state index contributed by atoms with van der Waals surface area (Å²) in [6.07, 6.45) is 0. The minimum atomic E-state index is 0.665. The zero-order valence-corrected chi connectivity index (χ0v) is 13.1. The number of nitrogen functional groups attached to an aromatic ring is 1. The summed E-state index contributed by atoms with van der Waals surface area (Å²) in [5.74, 6) is 0.920. The molecule has 0 saturated heterocycles. The van der Waals surface area contributed by atoms with E-state index < -0.39 is 0 Å². The van der Waals surface area contributed by atoms with Crippen LogP contribution in [0.25, 0.3) is 0 Å². The number of rotatable bonds is 6. The summed E-state index contributed by atoms with van der Waals surface area (Å²) in [5.41, 5.74) is 10.5. The quantitative estimate of drug-likeness (QED) is 0.824. The van der Waals surface area contributed by atoms with Gasteiger partial charge in [-0.15, -0.1) is 0 Å². The Kier molecular flexibility index (Phi) is 5.23. The van der Waals surface area contributed by atoms with Crippen molar-refractivity contribution in [2.24, 2.45) is 0 Å². The zero-order chi connectivity index (χ0) is 15.2. The number of aryl methyl sites for hydroxylation is 1. The highest BCUT2D eigenvalue weighted by atomic mass is 16.5. The second-order valence-corrected chi connectivity index (χ2v) is 5.40. The van der Waals surface area contributed by atoms with Gasteiger partial charge in [-0.1, -0.05) is 24.3 Å². The van der Waals surface area contributed by atoms with Gasteiger partial charge in [0.1, 0.15) is 5.75 Å². The Morgan fingerprint density at radius 3 is 2.48 bits per heavy atom. The summed E-state index contributed by atoms with van der Waals surface area (Å²) in [5, 5.41) is 0. The molecule has 3 nitrogen and oxygen atoms in total. The third-order valence-corrected chi connectivity index (χ3v) is 3.53. The summed E-state index contributed by atoms with van der Waals surface area (Å²) in [4.78, 5) is 2.28. The summed E-state index contributed by atoms with van der Waals surface area (Å²) < 4.78 is 5.68. The summed E-state index contributed by atoms with van der Waals surface area (Å²) in [6, 6.07) is 14.3. The van der Waals surface area contributed by atoms with Gasteiger partial charge in [0.05, 0.1) is 6.61 Å². The van der Waals surface area contributed by atoms with Crippen molar-refractivity contribution in [1.82, 2.24) is 4.90 Å². The van der Waals surface area contributed by atoms with Crippen LogP contribution >= 0.6 is 0 Å². The van der Waals surface area contributed by atoms with Gasteiger partial charge in [0, 0.05) is 24.3 Å². The predicted molar refractivity (Wildman–Crippen MR) is 88.4 cm³/mol. The SMILES string of the molecule is CCOc1ccc(N)cc1CN(C)Cc1ccccc1C. The second-order valence-electron chi connectivity index (χ2n) is 5.40. The summed E-state index contributed by atoms with van der Waals surface area (Å²) >= 11 is 0. The molecule has 0 aromatic heterocycles. The molecule has 0 aliphatic heterocycles. The Labute approximate surface area is 127 Å². The molecule has 3 heteroatoms. The number of anilines is 1. The van der Waals surface area contributed by atoms with E-state index in [2.05, 4.69) is 43.1 Å². The van der Waals surface area contributed by atoms with Crippen LogP contribution in [0.5, 0.6) is 5.75 Å². The predicted octanol–water partition coefficient (Wildman–Crippen LogP) is 3.61. The van der Waals surface area contributed by atoms with Crippen molar-refractivity contribution in [2.45, 2.75) is 26.9 Å². The molecule has 2 rings (SSSR count). The van der Waals surface area contributed by atoms with Gasteiger partial charge in [-0.25, -0.2) is 0 Å². The van der Waals surface area contributed by atoms with E-state index in [-0.39, 0.29) is 0 Å². The Hall–Kier alpha value is -2.00. The average molecular weight is 284 g/mol. The molecular weight excluding hydrogens is 260 g/mol. The summed E-state index contributed by atoms with van der Waals surface area (Å²) in [7, 11) is 2.12. The number of hydrogen-bond acceptors (Lipinski definition) is 3. The average Bonchev–Trinajstić information content (AvgIpc) is 2.44. The first kappa shape index (κ1) is 15.4. The van der Waals surface area contributed by atoms with E-state index in [9.17, 15) is 0 Å². The normalized spacial score (nSPS) is 10.9. The van der Waals surface area contributed by atoms with Crippen LogP contribution < -0.4 is 10.5 Å². The van der Waals surface area contributed by atoms with Crippen molar-refractivity contribution in [3.8, 4) is 5.75 Å². The number of ether oxygens (including phenoxy) is 1. The lowest BCUT2D eigenvalue weighted by Gasteiger charge is -2.20. The fourth-order valence-electron chi connectivity index (χ4n) is 2.44. The van der Waals surface area contributed by atoms with Crippen LogP contribution in [-0.4, -0.2) is 18.6 Å². The molecule has 0 spiro atoms. The van der Waals surface area contributed by atoms with Crippen LogP contribution in [0.1, 0.15) is 23.6 Å². The van der Waals surface area contributed by atoms with Gasteiger partial charge in [0.25, 0.3) is 0 Å². The third kappa shape index (κ3) is 4.23. The Morgan fingerprint density at radius 2 is 1.76 bits per heavy atom. The Morgan fingerprint density at radius 1 is 1.05 bits per heavy atom. The highest BCUT2D eigenvalue weighted by Crippen LogP contribution is 2.23. The lowest BCUT2D eigenvalue weighted by atomic mass is 10.1. The smallest absolute Gasteiger partial charge is 0.123 e. The molecule has 2 aromatic carbocycles. The maximum absolute atomic E-state index is 5.90. The van der Waals surface area contributed by atoms with Gasteiger partial charge in [0.15, 0.2) is 0 Å². The third-order valence-electron chi connectivity index (χ3n) is 3.53. The number of nitrogens with zero attached hydrogens (tertiary/aromatic N) is 1. The van der Waals surface area contributed by atoms with E-state index in [1.54, 1.807) is 0 Å². The molecule has 0 aliphatic carbocycles. The first-order valence-electron chi connectivity index (χ1n) is 7.34. The standard InChI is InChI=1S/C18H24N2O/c1-4-21-18-10-9-17(19)11-16(18)13-20(3)12-15-8-6-5-7-14(15)2/h5-11H,4,12-13,19H2,1-3H3. The molecule has 112 valence electrons. The molecule has 0 bridgehead atoms. The van der Waals surface area contributed by atoms with E-state index >= 15 is 0 Å². The molecule has 2 N–H and O–H groups in total. The van der Waals surface area contributed by atoms with Gasteiger partial charge < -0.3 is 10.5 Å². The Balaban J connectivity index is 2.10. The molecule has 0 radical (unpaired) electrons. The molecule has 0 aliphatic rings. The molecule has 21 heavy (non-hydrogen) atoms. The molecule has 2 aromatic rings. The van der Waals surface area contributed by atoms with Crippen molar-refractivity contribution in [1.29, 1.82) is 0 Å². The van der Waals surface area contributed by atoms with E-state index in [0.29, 0.717) is 6.61 Å². The van der Waals surface area contributed by atoms with Crippen molar-refractivity contribution < 1.29 is 4.74 Å². The molecule has 0 fully saturated rings. The van der Waals surface area contributed by atoms with Gasteiger partial charge in [-0.3, -0.25) is 4.90 Å². The monoisotopic (exact) mass is 284 g/mol. The van der Waals surface area contributed by atoms with Crippen LogP contribution in [0.4, 0.5) is 5.69 Å². The van der Waals surface area contributed by atoms with Crippen molar-refractivity contribution in [3.63, 3.8) is 0 Å². The Bertz CT molecular complexity index is 596. The van der Waals surface area contributed by atoms with Gasteiger partial charge >= 0.3 is 0 Å².